The van der Waals surface area contributed by atoms with Crippen LogP contribution in [0.5, 0.6) is 0 Å². The molecule has 1 unspecified atom stereocenters. The summed E-state index contributed by atoms with van der Waals surface area (Å²) in [5.74, 6) is -0.938. The van der Waals surface area contributed by atoms with Crippen LogP contribution in [-0.2, 0) is 20.9 Å². The summed E-state index contributed by atoms with van der Waals surface area (Å²) >= 11 is 0. The van der Waals surface area contributed by atoms with Gasteiger partial charge in [0.05, 0.1) is 7.11 Å². The van der Waals surface area contributed by atoms with Crippen LogP contribution in [0.25, 0.3) is 0 Å². The van der Waals surface area contributed by atoms with E-state index in [1.165, 1.54) is 6.92 Å². The molecule has 0 heterocycles. The smallest absolute Gasteiger partial charge is 0.410 e. The minimum atomic E-state index is -2.07. The number of hydrogen-bond donors (Lipinski definition) is 2. The lowest BCUT2D eigenvalue weighted by atomic mass is 10.1. The van der Waals surface area contributed by atoms with Crippen LogP contribution in [0.1, 0.15) is 18.9 Å². The molecule has 19 heavy (non-hydrogen) atoms. The van der Waals surface area contributed by atoms with Crippen molar-refractivity contribution in [1.29, 1.82) is 0 Å². The Hall–Kier alpha value is -2.08. The predicted octanol–water partition coefficient (Wildman–Crippen LogP) is 1.18. The third-order valence-corrected chi connectivity index (χ3v) is 2.56. The minimum absolute atomic E-state index is 0.0277. The normalized spacial score (nSPS) is 13.2. The maximum Gasteiger partial charge on any atom is 0.410 e. The topological polar surface area (TPSA) is 84.9 Å². The second kappa shape index (κ2) is 6.75. The lowest BCUT2D eigenvalue weighted by molar-refractivity contribution is -0.165. The van der Waals surface area contributed by atoms with Crippen LogP contribution in [0, 0.1) is 0 Å². The van der Waals surface area contributed by atoms with Gasteiger partial charge in [-0.05, 0) is 5.56 Å². The molecule has 0 spiro atoms. The second-order valence-corrected chi connectivity index (χ2v) is 3.89. The first-order valence-electron chi connectivity index (χ1n) is 5.81. The first-order valence-corrected chi connectivity index (χ1v) is 5.81. The number of methoxy groups -OCH3 is 1. The van der Waals surface area contributed by atoms with Crippen LogP contribution in [0.4, 0.5) is 4.79 Å². The zero-order chi connectivity index (χ0) is 14.3. The van der Waals surface area contributed by atoms with Crippen LogP contribution < -0.4 is 5.32 Å². The molecule has 1 aromatic carbocycles. The van der Waals surface area contributed by atoms with Crippen molar-refractivity contribution in [3.8, 4) is 0 Å². The summed E-state index contributed by atoms with van der Waals surface area (Å²) in [5, 5.41) is 12.0. The van der Waals surface area contributed by atoms with Gasteiger partial charge in [-0.15, -0.1) is 0 Å². The standard InChI is InChI=1S/C13H17NO5/c1-3-13(17,11(15)18-2)14-12(16)19-9-10-7-5-4-6-8-10/h4-8,17H,3,9H2,1-2H3,(H,14,16). The highest BCUT2D eigenvalue weighted by Crippen LogP contribution is 2.09. The van der Waals surface area contributed by atoms with E-state index in [1.54, 1.807) is 12.1 Å². The van der Waals surface area contributed by atoms with Gasteiger partial charge in [0.15, 0.2) is 0 Å². The summed E-state index contributed by atoms with van der Waals surface area (Å²) in [4.78, 5) is 22.8. The summed E-state index contributed by atoms with van der Waals surface area (Å²) < 4.78 is 9.31. The summed E-state index contributed by atoms with van der Waals surface area (Å²) in [6, 6.07) is 9.05. The number of alkyl carbamates (subject to hydrolysis) is 1. The molecule has 1 atom stereocenters. The number of carbonyl (C=O) groups is 2. The third-order valence-electron chi connectivity index (χ3n) is 2.56. The van der Waals surface area contributed by atoms with E-state index in [-0.39, 0.29) is 13.0 Å². The van der Waals surface area contributed by atoms with E-state index in [9.17, 15) is 14.7 Å². The molecule has 0 radical (unpaired) electrons. The van der Waals surface area contributed by atoms with Crippen LogP contribution in [-0.4, -0.2) is 30.0 Å². The van der Waals surface area contributed by atoms with Gasteiger partial charge in [0.1, 0.15) is 6.61 Å². The molecule has 2 N–H and O–H groups in total. The van der Waals surface area contributed by atoms with Gasteiger partial charge in [-0.2, -0.15) is 0 Å². The summed E-state index contributed by atoms with van der Waals surface area (Å²) in [7, 11) is 1.12. The van der Waals surface area contributed by atoms with Crippen molar-refractivity contribution in [1.82, 2.24) is 5.32 Å². The van der Waals surface area contributed by atoms with Crippen molar-refractivity contribution in [3.63, 3.8) is 0 Å². The van der Waals surface area contributed by atoms with Crippen molar-refractivity contribution in [2.45, 2.75) is 25.7 Å². The molecule has 0 saturated carbocycles. The van der Waals surface area contributed by atoms with Crippen molar-refractivity contribution < 1.29 is 24.2 Å². The third kappa shape index (κ3) is 4.26. The molecule has 0 fully saturated rings. The van der Waals surface area contributed by atoms with Crippen LogP contribution >= 0.6 is 0 Å². The first-order chi connectivity index (χ1) is 9.01. The summed E-state index contributed by atoms with van der Waals surface area (Å²) in [5.41, 5.74) is -1.27. The number of aliphatic hydroxyl groups is 1. The predicted molar refractivity (Wildman–Crippen MR) is 67.0 cm³/mol. The highest BCUT2D eigenvalue weighted by atomic mass is 16.6. The zero-order valence-corrected chi connectivity index (χ0v) is 10.9. The highest BCUT2D eigenvalue weighted by Gasteiger charge is 2.37. The maximum absolute atomic E-state index is 11.5. The lowest BCUT2D eigenvalue weighted by Gasteiger charge is -2.24. The monoisotopic (exact) mass is 267 g/mol. The molecule has 0 aliphatic rings. The summed E-state index contributed by atoms with van der Waals surface area (Å²) in [6.07, 6.45) is -0.918. The van der Waals surface area contributed by atoms with E-state index in [4.69, 9.17) is 4.74 Å². The Kier molecular flexibility index (Phi) is 5.32. The van der Waals surface area contributed by atoms with E-state index in [1.807, 2.05) is 18.2 Å². The van der Waals surface area contributed by atoms with Gasteiger partial charge in [0.2, 0.25) is 5.72 Å². The number of esters is 1. The number of benzene rings is 1. The van der Waals surface area contributed by atoms with E-state index < -0.39 is 17.8 Å². The molecule has 0 aromatic heterocycles. The van der Waals surface area contributed by atoms with Crippen molar-refractivity contribution in [2.24, 2.45) is 0 Å². The number of ether oxygens (including phenoxy) is 2. The molecule has 104 valence electrons. The Morgan fingerprint density at radius 2 is 1.95 bits per heavy atom. The maximum atomic E-state index is 11.5. The van der Waals surface area contributed by atoms with E-state index in [2.05, 4.69) is 10.1 Å². The van der Waals surface area contributed by atoms with E-state index in [0.717, 1.165) is 12.7 Å². The average molecular weight is 267 g/mol. The minimum Gasteiger partial charge on any atom is -0.465 e. The van der Waals surface area contributed by atoms with Gasteiger partial charge in [-0.3, -0.25) is 5.32 Å². The Bertz CT molecular complexity index is 434. The molecular formula is C13H17NO5. The molecule has 0 aliphatic carbocycles. The number of hydrogen-bond acceptors (Lipinski definition) is 5. The number of amides is 1. The Labute approximate surface area is 111 Å². The second-order valence-electron chi connectivity index (χ2n) is 3.89. The fraction of sp³-hybridized carbons (Fsp3) is 0.385. The van der Waals surface area contributed by atoms with Gasteiger partial charge < -0.3 is 14.6 Å². The quantitative estimate of drug-likeness (QED) is 0.618. The molecule has 1 rings (SSSR count). The number of nitrogens with one attached hydrogen (secondary N) is 1. The molecule has 1 amide bonds. The molecule has 6 heteroatoms. The Morgan fingerprint density at radius 3 is 2.47 bits per heavy atom. The van der Waals surface area contributed by atoms with Crippen molar-refractivity contribution in [2.75, 3.05) is 7.11 Å². The highest BCUT2D eigenvalue weighted by molar-refractivity contribution is 5.83. The molecule has 0 aliphatic heterocycles. The van der Waals surface area contributed by atoms with E-state index >= 15 is 0 Å². The number of rotatable bonds is 5. The molecule has 0 saturated heterocycles. The molecule has 1 aromatic rings. The summed E-state index contributed by atoms with van der Waals surface area (Å²) in [6.45, 7) is 1.59. The molecule has 0 bridgehead atoms. The fourth-order valence-corrected chi connectivity index (χ4v) is 1.38. The lowest BCUT2D eigenvalue weighted by Crippen LogP contribution is -2.54. The van der Waals surface area contributed by atoms with Crippen LogP contribution in [0.3, 0.4) is 0 Å². The van der Waals surface area contributed by atoms with Gasteiger partial charge in [0.25, 0.3) is 0 Å². The SMILES string of the molecule is CCC(O)(NC(=O)OCc1ccccc1)C(=O)OC. The van der Waals surface area contributed by atoms with Crippen molar-refractivity contribution in [3.05, 3.63) is 35.9 Å². The number of carbonyl (C=O) groups excluding carboxylic acids is 2. The van der Waals surface area contributed by atoms with Crippen LogP contribution in [0.15, 0.2) is 30.3 Å². The van der Waals surface area contributed by atoms with Gasteiger partial charge >= 0.3 is 12.1 Å². The largest absolute Gasteiger partial charge is 0.465 e. The molecule has 6 nitrogen and oxygen atoms in total. The van der Waals surface area contributed by atoms with Crippen molar-refractivity contribution >= 4 is 12.1 Å². The van der Waals surface area contributed by atoms with Gasteiger partial charge in [-0.1, -0.05) is 37.3 Å². The average Bonchev–Trinajstić information content (AvgIpc) is 2.45. The molecular weight excluding hydrogens is 250 g/mol. The zero-order valence-electron chi connectivity index (χ0n) is 10.9. The van der Waals surface area contributed by atoms with E-state index in [0.29, 0.717) is 0 Å². The fourth-order valence-electron chi connectivity index (χ4n) is 1.38. The Morgan fingerprint density at radius 1 is 1.32 bits per heavy atom. The van der Waals surface area contributed by atoms with Gasteiger partial charge in [0, 0.05) is 6.42 Å². The Balaban J connectivity index is 2.52. The van der Waals surface area contributed by atoms with Crippen LogP contribution in [0.2, 0.25) is 0 Å². The first kappa shape index (κ1) is 15.0. The van der Waals surface area contributed by atoms with Gasteiger partial charge in [-0.25, -0.2) is 9.59 Å².